The summed E-state index contributed by atoms with van der Waals surface area (Å²) in [6, 6.07) is 1.99. The van der Waals surface area contributed by atoms with E-state index in [1.54, 1.807) is 23.1 Å². The second-order valence-electron chi connectivity index (χ2n) is 11.1. The molecule has 1 saturated carbocycles. The van der Waals surface area contributed by atoms with E-state index in [1.807, 2.05) is 0 Å². The van der Waals surface area contributed by atoms with Crippen LogP contribution in [-0.2, 0) is 12.7 Å². The number of hydrogen-bond donors (Lipinski definition) is 3. The molecule has 5 rings (SSSR count). The summed E-state index contributed by atoms with van der Waals surface area (Å²) in [5.41, 5.74) is 0.276. The van der Waals surface area contributed by atoms with Gasteiger partial charge in [-0.25, -0.2) is 14.4 Å². The van der Waals surface area contributed by atoms with E-state index in [0.29, 0.717) is 53.9 Å². The maximum Gasteiger partial charge on any atom is 0.419 e. The minimum atomic E-state index is -4.88. The molecule has 10 nitrogen and oxygen atoms in total. The summed E-state index contributed by atoms with van der Waals surface area (Å²) in [5, 5.41) is 27.5. The molecule has 19 heteroatoms. The van der Waals surface area contributed by atoms with Crippen molar-refractivity contribution in [1.82, 2.24) is 29.5 Å². The lowest BCUT2D eigenvalue weighted by atomic mass is 9.26. The summed E-state index contributed by atoms with van der Waals surface area (Å²) in [4.78, 5) is 8.05. The van der Waals surface area contributed by atoms with Crippen LogP contribution in [0.3, 0.4) is 0 Å². The monoisotopic (exact) mass is 613 g/mol. The maximum atomic E-state index is 14.5. The van der Waals surface area contributed by atoms with Crippen LogP contribution in [-0.4, -0.2) is 103 Å². The van der Waals surface area contributed by atoms with Crippen molar-refractivity contribution in [3.05, 3.63) is 48.3 Å². The summed E-state index contributed by atoms with van der Waals surface area (Å²) in [6.45, 7) is -0.379. The Balaban J connectivity index is 1.43. The topological polar surface area (TPSA) is 123 Å². The van der Waals surface area contributed by atoms with Gasteiger partial charge in [-0.05, 0) is 31.7 Å². The highest BCUT2D eigenvalue weighted by Crippen LogP contribution is 2.38. The van der Waals surface area contributed by atoms with Crippen LogP contribution < -0.4 is 10.1 Å². The predicted molar refractivity (Wildman–Crippen MR) is 161 cm³/mol. The van der Waals surface area contributed by atoms with Crippen molar-refractivity contribution in [2.24, 2.45) is 0 Å². The Kier molecular flexibility index (Phi) is 9.06. The fourth-order valence-corrected chi connectivity index (χ4v) is 5.06. The Morgan fingerprint density at radius 2 is 1.78 bits per heavy atom. The molecule has 4 aromatic heterocycles. The number of nitrogens with one attached hydrogen (secondary N) is 1. The fraction of sp³-hybridized carbons (Fsp3) is 0.462. The minimum absolute atomic E-state index is 0.0564. The summed E-state index contributed by atoms with van der Waals surface area (Å²) >= 11 is 0. The lowest BCUT2D eigenvalue weighted by molar-refractivity contribution is -0.140. The lowest BCUT2D eigenvalue weighted by Crippen LogP contribution is -2.52. The van der Waals surface area contributed by atoms with Crippen molar-refractivity contribution in [1.29, 1.82) is 0 Å². The number of rotatable bonds is 10. The van der Waals surface area contributed by atoms with E-state index in [0.717, 1.165) is 6.20 Å². The van der Waals surface area contributed by atoms with Gasteiger partial charge in [0.25, 0.3) is 5.88 Å². The summed E-state index contributed by atoms with van der Waals surface area (Å²) in [5.74, 6) is -2.06. The summed E-state index contributed by atoms with van der Waals surface area (Å²) < 4.78 is 62.8. The number of anilines is 1. The van der Waals surface area contributed by atoms with Crippen LogP contribution in [0.15, 0.2) is 36.9 Å². The summed E-state index contributed by atoms with van der Waals surface area (Å²) in [7, 11) is 29.1. The van der Waals surface area contributed by atoms with Crippen molar-refractivity contribution in [3.63, 3.8) is 0 Å². The van der Waals surface area contributed by atoms with E-state index in [-0.39, 0.29) is 18.4 Å². The number of nitrogens with zero attached hydrogens (tertiary/aromatic N) is 6. The number of halogens is 4. The number of hydrogen-bond acceptors (Lipinski definition) is 8. The van der Waals surface area contributed by atoms with Crippen LogP contribution in [0.5, 0.6) is 5.88 Å². The van der Waals surface area contributed by atoms with E-state index in [2.05, 4.69) is 20.4 Å². The van der Waals surface area contributed by atoms with Crippen LogP contribution >= 0.6 is 0 Å². The van der Waals surface area contributed by atoms with Crippen LogP contribution in [0.25, 0.3) is 22.2 Å². The van der Waals surface area contributed by atoms with Crippen molar-refractivity contribution < 1.29 is 32.5 Å². The van der Waals surface area contributed by atoms with Crippen molar-refractivity contribution in [2.45, 2.75) is 67.1 Å². The quantitative estimate of drug-likeness (QED) is 0.183. The number of alkyl halides is 3. The average Bonchev–Trinajstić information content (AvgIpc) is 3.57. The third-order valence-electron chi connectivity index (χ3n) is 7.59. The van der Waals surface area contributed by atoms with E-state index in [4.69, 9.17) is 49.1 Å². The van der Waals surface area contributed by atoms with E-state index >= 15 is 0 Å². The van der Waals surface area contributed by atoms with Gasteiger partial charge in [0, 0.05) is 35.6 Å². The molecule has 0 unspecified atom stereocenters. The molecule has 45 heavy (non-hydrogen) atoms. The zero-order valence-corrected chi connectivity index (χ0v) is 23.8. The molecule has 3 N–H and O–H groups in total. The molecule has 4 heterocycles. The van der Waals surface area contributed by atoms with Gasteiger partial charge in [-0.1, -0.05) is 5.34 Å². The highest BCUT2D eigenvalue weighted by atomic mass is 19.4. The van der Waals surface area contributed by atoms with Gasteiger partial charge in [0.2, 0.25) is 0 Å². The standard InChI is InChI=1S/C26H24B5F4N7O3/c27-25(28,29)26(30,31)39-20-7-19-17(9-37-20)22(13-8-38-41(10-13)11-15(44)12-43)40-42(19)14-1-3-16(4-2-14)45-23-21(32)18(5-6-36-23)24(33,34)35/h5-10,14-16,43-44H,1-4,11-12H2,(H,37,39)/t14?,15-,16?/m0/s1. The lowest BCUT2D eigenvalue weighted by Gasteiger charge is -2.43. The maximum absolute atomic E-state index is 14.5. The van der Waals surface area contributed by atoms with Gasteiger partial charge in [-0.15, -0.1) is 5.11 Å². The molecule has 0 aromatic carbocycles. The van der Waals surface area contributed by atoms with Gasteiger partial charge in [0.05, 0.1) is 81.8 Å². The molecule has 1 fully saturated rings. The van der Waals surface area contributed by atoms with Gasteiger partial charge >= 0.3 is 6.18 Å². The molecule has 4 aromatic rings. The predicted octanol–water partition coefficient (Wildman–Crippen LogP) is 1.75. The molecule has 1 aliphatic rings. The molecule has 224 valence electrons. The van der Waals surface area contributed by atoms with Gasteiger partial charge in [0.15, 0.2) is 5.82 Å². The number of aromatic nitrogens is 6. The second-order valence-corrected chi connectivity index (χ2v) is 11.1. The number of aliphatic hydroxyl groups excluding tert-OH is 2. The minimum Gasteiger partial charge on any atom is -0.472 e. The van der Waals surface area contributed by atoms with Crippen LogP contribution in [0.4, 0.5) is 23.4 Å². The van der Waals surface area contributed by atoms with E-state index in [9.17, 15) is 27.8 Å². The van der Waals surface area contributed by atoms with Crippen LogP contribution in [0, 0.1) is 5.82 Å². The Labute approximate surface area is 262 Å². The van der Waals surface area contributed by atoms with E-state index < -0.39 is 52.7 Å². The van der Waals surface area contributed by atoms with Crippen molar-refractivity contribution >= 4 is 56.0 Å². The molecule has 1 aliphatic carbocycles. The molecule has 0 spiro atoms. The first-order valence-electron chi connectivity index (χ1n) is 13.9. The second kappa shape index (κ2) is 12.4. The molecule has 0 aliphatic heterocycles. The van der Waals surface area contributed by atoms with Gasteiger partial charge in [0.1, 0.15) is 17.6 Å². The molecular formula is C26H24B5F4N7O3. The Morgan fingerprint density at radius 3 is 2.42 bits per heavy atom. The van der Waals surface area contributed by atoms with Gasteiger partial charge in [-0.3, -0.25) is 9.36 Å². The highest BCUT2D eigenvalue weighted by Gasteiger charge is 2.37. The highest BCUT2D eigenvalue weighted by molar-refractivity contribution is 6.67. The molecule has 10 radical (unpaired) electrons. The first-order valence-corrected chi connectivity index (χ1v) is 13.9. The third-order valence-corrected chi connectivity index (χ3v) is 7.59. The van der Waals surface area contributed by atoms with E-state index in [1.165, 1.54) is 10.9 Å². The Hall–Kier alpha value is -3.46. The SMILES string of the molecule is [B]C([B])([B])C([B])([B])Nc1cc2c(cn1)c(-c1cnn(C[C@H](O)CO)c1)nn2C1CCC(Oc2nccc(C(F)(F)F)c2F)CC1. The smallest absolute Gasteiger partial charge is 0.419 e. The summed E-state index contributed by atoms with van der Waals surface area (Å²) in [6.07, 6.45) is 0.839. The molecule has 0 saturated heterocycles. The van der Waals surface area contributed by atoms with Gasteiger partial charge in [-0.2, -0.15) is 23.4 Å². The number of aliphatic hydroxyl groups is 2. The Bertz CT molecular complexity index is 1660. The fourth-order valence-electron chi connectivity index (χ4n) is 5.06. The molecule has 0 bridgehead atoms. The third kappa shape index (κ3) is 7.03. The van der Waals surface area contributed by atoms with Crippen molar-refractivity contribution in [3.8, 4) is 17.1 Å². The van der Waals surface area contributed by atoms with Gasteiger partial charge < -0.3 is 20.3 Å². The normalized spacial score (nSPS) is 18.6. The largest absolute Gasteiger partial charge is 0.472 e. The Morgan fingerprint density at radius 1 is 1.07 bits per heavy atom. The number of fused-ring (bicyclic) bond motifs is 1. The zero-order valence-electron chi connectivity index (χ0n) is 23.8. The molecule has 0 amide bonds. The van der Waals surface area contributed by atoms with Crippen molar-refractivity contribution in [2.75, 3.05) is 11.9 Å². The number of pyridine rings is 2. The number of ether oxygens (including phenoxy) is 1. The van der Waals surface area contributed by atoms with Crippen LogP contribution in [0.1, 0.15) is 37.3 Å². The van der Waals surface area contributed by atoms with Crippen LogP contribution in [0.2, 0.25) is 5.11 Å². The zero-order chi connectivity index (χ0) is 32.7. The molecular weight excluding hydrogens is 588 g/mol. The first kappa shape index (κ1) is 32.9. The average molecular weight is 613 g/mol. The molecule has 1 atom stereocenters. The first-order chi connectivity index (χ1) is 21.1.